The molecule has 0 radical (unpaired) electrons. The van der Waals surface area contributed by atoms with Crippen LogP contribution in [-0.4, -0.2) is 16.1 Å². The number of hydrogen-bond acceptors (Lipinski definition) is 2. The van der Waals surface area contributed by atoms with Gasteiger partial charge in [-0.15, -0.1) is 0 Å². The van der Waals surface area contributed by atoms with Gasteiger partial charge >= 0.3 is 5.97 Å². The summed E-state index contributed by atoms with van der Waals surface area (Å²) < 4.78 is 0. The molecule has 1 aliphatic carbocycles. The van der Waals surface area contributed by atoms with Crippen LogP contribution in [0.15, 0.2) is 36.7 Å². The van der Waals surface area contributed by atoms with Crippen molar-refractivity contribution in [3.05, 3.63) is 63.4 Å². The largest absolute Gasteiger partial charge is 0.481 e. The van der Waals surface area contributed by atoms with Crippen LogP contribution in [0.4, 0.5) is 0 Å². The molecule has 1 saturated carbocycles. The van der Waals surface area contributed by atoms with Gasteiger partial charge in [-0.2, -0.15) is 0 Å². The van der Waals surface area contributed by atoms with Gasteiger partial charge in [-0.25, -0.2) is 0 Å². The van der Waals surface area contributed by atoms with Crippen molar-refractivity contribution in [2.75, 3.05) is 0 Å². The van der Waals surface area contributed by atoms with Crippen LogP contribution in [-0.2, 0) is 10.2 Å². The lowest BCUT2D eigenvalue weighted by Crippen LogP contribution is -2.22. The summed E-state index contributed by atoms with van der Waals surface area (Å²) in [5.74, 6) is -1.07. The average Bonchev–Trinajstić information content (AvgIpc) is 3.16. The number of benzene rings is 1. The molecular weight excluding hydrogens is 309 g/mol. The third-order valence-corrected chi connectivity index (χ3v) is 4.75. The number of hydrogen-bond donors (Lipinski definition) is 1. The number of pyridine rings is 1. The molecule has 1 aromatic heterocycles. The third kappa shape index (κ3) is 2.21. The lowest BCUT2D eigenvalue weighted by atomic mass is 9.90. The summed E-state index contributed by atoms with van der Waals surface area (Å²) in [6.45, 7) is 1.97. The second-order valence-corrected chi connectivity index (χ2v) is 6.23. The molecule has 108 valence electrons. The Morgan fingerprint density at radius 3 is 2.33 bits per heavy atom. The molecule has 0 amide bonds. The number of carbonyl (C=O) groups is 1. The monoisotopic (exact) mass is 321 g/mol. The first kappa shape index (κ1) is 14.4. The first-order chi connectivity index (χ1) is 9.96. The number of rotatable bonds is 3. The standard InChI is InChI=1S/C16H13Cl2NO2/c1-9-2-4-10(5-3-9)16(15(20)21)6-11(16)14-12(17)7-19-8-13(14)18/h2-5,7-8,11H,6H2,1H3,(H,20,21). The van der Waals surface area contributed by atoms with Crippen LogP contribution in [0.3, 0.4) is 0 Å². The molecule has 1 aromatic carbocycles. The minimum Gasteiger partial charge on any atom is -0.481 e. The quantitative estimate of drug-likeness (QED) is 0.921. The highest BCUT2D eigenvalue weighted by Crippen LogP contribution is 2.62. The predicted molar refractivity (Wildman–Crippen MR) is 82.1 cm³/mol. The number of carboxylic acid groups (broad SMARTS) is 1. The fourth-order valence-electron chi connectivity index (χ4n) is 2.90. The van der Waals surface area contributed by atoms with Gasteiger partial charge in [-0.1, -0.05) is 53.0 Å². The first-order valence-electron chi connectivity index (χ1n) is 6.56. The maximum atomic E-state index is 11.9. The molecule has 0 aliphatic heterocycles. The van der Waals surface area contributed by atoms with Crippen LogP contribution in [0.2, 0.25) is 10.0 Å². The lowest BCUT2D eigenvalue weighted by Gasteiger charge is -2.15. The molecule has 0 bridgehead atoms. The molecule has 3 rings (SSSR count). The highest BCUT2D eigenvalue weighted by Gasteiger charge is 2.63. The Balaban J connectivity index is 2.08. The number of aromatic nitrogens is 1. The Labute approximate surface area is 132 Å². The highest BCUT2D eigenvalue weighted by molar-refractivity contribution is 6.36. The highest BCUT2D eigenvalue weighted by atomic mass is 35.5. The van der Waals surface area contributed by atoms with E-state index in [1.807, 2.05) is 31.2 Å². The second kappa shape index (κ2) is 5.00. The molecule has 2 aromatic rings. The van der Waals surface area contributed by atoms with Gasteiger partial charge in [-0.05, 0) is 24.5 Å². The van der Waals surface area contributed by atoms with E-state index in [9.17, 15) is 9.90 Å². The summed E-state index contributed by atoms with van der Waals surface area (Å²) in [5, 5.41) is 10.6. The summed E-state index contributed by atoms with van der Waals surface area (Å²) in [5.41, 5.74) is 1.62. The van der Waals surface area contributed by atoms with Crippen LogP contribution in [0.25, 0.3) is 0 Å². The van der Waals surface area contributed by atoms with Crippen molar-refractivity contribution in [2.45, 2.75) is 24.7 Å². The van der Waals surface area contributed by atoms with Crippen molar-refractivity contribution in [3.8, 4) is 0 Å². The van der Waals surface area contributed by atoms with E-state index >= 15 is 0 Å². The normalized spacial score (nSPS) is 23.9. The van der Waals surface area contributed by atoms with Crippen LogP contribution < -0.4 is 0 Å². The number of halogens is 2. The Morgan fingerprint density at radius 2 is 1.81 bits per heavy atom. The number of nitrogens with zero attached hydrogens (tertiary/aromatic N) is 1. The Hall–Kier alpha value is -1.58. The molecule has 1 fully saturated rings. The zero-order valence-electron chi connectivity index (χ0n) is 11.3. The van der Waals surface area contributed by atoms with Gasteiger partial charge in [0, 0.05) is 18.3 Å². The van der Waals surface area contributed by atoms with Crippen LogP contribution in [0.5, 0.6) is 0 Å². The second-order valence-electron chi connectivity index (χ2n) is 5.42. The topological polar surface area (TPSA) is 50.2 Å². The van der Waals surface area contributed by atoms with Gasteiger partial charge < -0.3 is 5.11 Å². The van der Waals surface area contributed by atoms with E-state index in [0.717, 1.165) is 11.1 Å². The van der Waals surface area contributed by atoms with Crippen molar-refractivity contribution in [1.29, 1.82) is 0 Å². The number of aryl methyl sites for hydroxylation is 1. The lowest BCUT2D eigenvalue weighted by molar-refractivity contribution is -0.140. The number of carboxylic acids is 1. The Kier molecular flexibility index (Phi) is 3.42. The third-order valence-electron chi connectivity index (χ3n) is 4.15. The van der Waals surface area contributed by atoms with E-state index < -0.39 is 11.4 Å². The molecule has 2 unspecified atom stereocenters. The van der Waals surface area contributed by atoms with Gasteiger partial charge in [0.05, 0.1) is 10.0 Å². The first-order valence-corrected chi connectivity index (χ1v) is 7.32. The smallest absolute Gasteiger partial charge is 0.314 e. The van der Waals surface area contributed by atoms with Crippen molar-refractivity contribution in [1.82, 2.24) is 4.98 Å². The van der Waals surface area contributed by atoms with E-state index in [1.54, 1.807) is 0 Å². The maximum Gasteiger partial charge on any atom is 0.314 e. The summed E-state index contributed by atoms with van der Waals surface area (Å²) in [4.78, 5) is 15.8. The van der Waals surface area contributed by atoms with Crippen molar-refractivity contribution < 1.29 is 9.90 Å². The van der Waals surface area contributed by atoms with E-state index in [1.165, 1.54) is 12.4 Å². The van der Waals surface area contributed by atoms with Gasteiger partial charge in [0.1, 0.15) is 5.41 Å². The van der Waals surface area contributed by atoms with E-state index in [-0.39, 0.29) is 5.92 Å². The summed E-state index contributed by atoms with van der Waals surface area (Å²) >= 11 is 12.3. The molecular formula is C16H13Cl2NO2. The summed E-state index contributed by atoms with van der Waals surface area (Å²) in [6, 6.07) is 7.58. The van der Waals surface area contributed by atoms with E-state index in [2.05, 4.69) is 4.98 Å². The summed E-state index contributed by atoms with van der Waals surface area (Å²) in [7, 11) is 0. The van der Waals surface area contributed by atoms with Crippen molar-refractivity contribution >= 4 is 29.2 Å². The minimum absolute atomic E-state index is 0.222. The van der Waals surface area contributed by atoms with E-state index in [0.29, 0.717) is 22.0 Å². The van der Waals surface area contributed by atoms with Crippen molar-refractivity contribution in [2.24, 2.45) is 0 Å². The van der Waals surface area contributed by atoms with Crippen LogP contribution in [0.1, 0.15) is 29.0 Å². The Morgan fingerprint density at radius 1 is 1.24 bits per heavy atom. The SMILES string of the molecule is Cc1ccc(C2(C(=O)O)CC2c2c(Cl)cncc2Cl)cc1. The van der Waals surface area contributed by atoms with E-state index in [4.69, 9.17) is 23.2 Å². The predicted octanol–water partition coefficient (Wildman–Crippen LogP) is 4.21. The maximum absolute atomic E-state index is 11.9. The van der Waals surface area contributed by atoms with Crippen LogP contribution in [0, 0.1) is 6.92 Å². The molecule has 1 N–H and O–H groups in total. The molecule has 2 atom stereocenters. The number of aliphatic carboxylic acids is 1. The van der Waals surface area contributed by atoms with Crippen molar-refractivity contribution in [3.63, 3.8) is 0 Å². The average molecular weight is 322 g/mol. The molecule has 5 heteroatoms. The Bertz CT molecular complexity index is 694. The van der Waals surface area contributed by atoms with Crippen LogP contribution >= 0.6 is 23.2 Å². The molecule has 0 saturated heterocycles. The van der Waals surface area contributed by atoms with Gasteiger partial charge in [0.15, 0.2) is 0 Å². The molecule has 1 heterocycles. The minimum atomic E-state index is -0.942. The molecule has 1 aliphatic rings. The zero-order chi connectivity index (χ0) is 15.2. The molecule has 0 spiro atoms. The molecule has 3 nitrogen and oxygen atoms in total. The fourth-order valence-corrected chi connectivity index (χ4v) is 3.52. The summed E-state index contributed by atoms with van der Waals surface area (Å²) in [6.07, 6.45) is 3.50. The van der Waals surface area contributed by atoms with Gasteiger partial charge in [0.25, 0.3) is 0 Å². The van der Waals surface area contributed by atoms with Gasteiger partial charge in [0.2, 0.25) is 0 Å². The van der Waals surface area contributed by atoms with Gasteiger partial charge in [-0.3, -0.25) is 9.78 Å². The molecule has 21 heavy (non-hydrogen) atoms. The fraction of sp³-hybridized carbons (Fsp3) is 0.250. The zero-order valence-corrected chi connectivity index (χ0v) is 12.8.